The molecule has 1 fully saturated rings. The van der Waals surface area contributed by atoms with Gasteiger partial charge in [0.2, 0.25) is 5.95 Å². The summed E-state index contributed by atoms with van der Waals surface area (Å²) in [5.74, 6) is -0.0701. The molecule has 4 aromatic heterocycles. The van der Waals surface area contributed by atoms with E-state index in [-0.39, 0.29) is 24.4 Å². The molecular formula is C22H22F3N7O2. The van der Waals surface area contributed by atoms with E-state index in [0.29, 0.717) is 35.3 Å². The number of H-pyrrole nitrogens is 1. The summed E-state index contributed by atoms with van der Waals surface area (Å²) in [4.78, 5) is 24.3. The van der Waals surface area contributed by atoms with Gasteiger partial charge in [0.15, 0.2) is 0 Å². The van der Waals surface area contributed by atoms with Crippen molar-refractivity contribution in [3.05, 3.63) is 42.5 Å². The van der Waals surface area contributed by atoms with Gasteiger partial charge in [-0.2, -0.15) is 23.3 Å². The van der Waals surface area contributed by atoms with Gasteiger partial charge in [-0.25, -0.2) is 9.50 Å². The summed E-state index contributed by atoms with van der Waals surface area (Å²) in [7, 11) is 0. The van der Waals surface area contributed by atoms with Crippen molar-refractivity contribution in [1.29, 1.82) is 0 Å². The van der Waals surface area contributed by atoms with Gasteiger partial charge >= 0.3 is 6.18 Å². The topological polar surface area (TPSA) is 109 Å². The lowest BCUT2D eigenvalue weighted by molar-refractivity contribution is -0.131. The van der Waals surface area contributed by atoms with Crippen molar-refractivity contribution in [2.45, 2.75) is 31.5 Å². The maximum atomic E-state index is 12.9. The average molecular weight is 473 g/mol. The number of nitrogens with one attached hydrogen (secondary N) is 3. The number of nitrogens with zero attached hydrogens (tertiary/aromatic N) is 4. The molecule has 4 aromatic rings. The Bertz CT molecular complexity index is 1330. The van der Waals surface area contributed by atoms with E-state index in [1.165, 1.54) is 0 Å². The van der Waals surface area contributed by atoms with Gasteiger partial charge < -0.3 is 20.4 Å². The van der Waals surface area contributed by atoms with Crippen LogP contribution >= 0.6 is 0 Å². The van der Waals surface area contributed by atoms with Crippen LogP contribution < -0.4 is 10.6 Å². The fourth-order valence-electron chi connectivity index (χ4n) is 3.98. The number of rotatable bonds is 6. The quantitative estimate of drug-likeness (QED) is 0.395. The molecule has 1 aliphatic rings. The Hall–Kier alpha value is -3.67. The molecule has 9 nitrogen and oxygen atoms in total. The Labute approximate surface area is 191 Å². The van der Waals surface area contributed by atoms with E-state index < -0.39 is 12.6 Å². The smallest absolute Gasteiger partial charge is 0.381 e. The van der Waals surface area contributed by atoms with Crippen LogP contribution in [0.3, 0.4) is 0 Å². The molecule has 1 amide bonds. The Kier molecular flexibility index (Phi) is 5.82. The molecule has 12 heteroatoms. The molecule has 0 unspecified atom stereocenters. The first-order valence-corrected chi connectivity index (χ1v) is 10.9. The van der Waals surface area contributed by atoms with Crippen LogP contribution in [0.2, 0.25) is 0 Å². The van der Waals surface area contributed by atoms with Gasteiger partial charge in [-0.05, 0) is 30.5 Å². The molecule has 0 aromatic carbocycles. The number of alkyl halides is 3. The Morgan fingerprint density at radius 2 is 2.09 bits per heavy atom. The zero-order valence-corrected chi connectivity index (χ0v) is 18.0. The molecule has 1 saturated heterocycles. The van der Waals surface area contributed by atoms with Crippen molar-refractivity contribution in [2.75, 3.05) is 25.1 Å². The van der Waals surface area contributed by atoms with Gasteiger partial charge in [-0.15, -0.1) is 0 Å². The zero-order valence-electron chi connectivity index (χ0n) is 18.0. The number of carbonyl (C=O) groups is 1. The van der Waals surface area contributed by atoms with Gasteiger partial charge in [0.05, 0.1) is 23.7 Å². The van der Waals surface area contributed by atoms with E-state index in [1.807, 2.05) is 12.1 Å². The molecule has 5 heterocycles. The van der Waals surface area contributed by atoms with E-state index in [2.05, 4.69) is 30.7 Å². The number of aromatic amines is 1. The first-order valence-electron chi connectivity index (χ1n) is 10.9. The summed E-state index contributed by atoms with van der Waals surface area (Å²) >= 11 is 0. The molecule has 0 aliphatic carbocycles. The number of amides is 1. The first-order chi connectivity index (χ1) is 16.4. The minimum Gasteiger partial charge on any atom is -0.381 e. The number of carbonyl (C=O) groups excluding carboxylic acids is 1. The Balaban J connectivity index is 1.38. The van der Waals surface area contributed by atoms with E-state index in [9.17, 15) is 18.0 Å². The van der Waals surface area contributed by atoms with Crippen molar-refractivity contribution in [3.8, 4) is 11.1 Å². The lowest BCUT2D eigenvalue weighted by Crippen LogP contribution is -2.38. The van der Waals surface area contributed by atoms with Crippen LogP contribution in [0.15, 0.2) is 36.9 Å². The normalized spacial score (nSPS) is 15.1. The van der Waals surface area contributed by atoms with Gasteiger partial charge in [-0.1, -0.05) is 0 Å². The molecule has 0 radical (unpaired) electrons. The second-order valence-corrected chi connectivity index (χ2v) is 8.11. The standard InChI is InChI=1S/C22H22F3N7O2/c23-22(24,25)4-5-26-21-28-11-16-15(10-27-19(16)31-21)13-1-6-32-18(9-13)17(12-29-32)20(33)30-14-2-7-34-8-3-14/h1,6,9-12,14H,2-5,7-8H2,(H,30,33)(H2,26,27,28,31). The summed E-state index contributed by atoms with van der Waals surface area (Å²) in [6.45, 7) is 0.956. The number of halogens is 3. The predicted molar refractivity (Wildman–Crippen MR) is 119 cm³/mol. The van der Waals surface area contributed by atoms with Crippen molar-refractivity contribution >= 4 is 28.4 Å². The molecule has 5 rings (SSSR count). The molecule has 3 N–H and O–H groups in total. The monoisotopic (exact) mass is 473 g/mol. The van der Waals surface area contributed by atoms with Crippen LogP contribution in [-0.2, 0) is 4.74 Å². The van der Waals surface area contributed by atoms with Crippen molar-refractivity contribution < 1.29 is 22.7 Å². The second kappa shape index (κ2) is 8.93. The van der Waals surface area contributed by atoms with Crippen LogP contribution in [0.5, 0.6) is 0 Å². The van der Waals surface area contributed by atoms with Crippen LogP contribution in [0.1, 0.15) is 29.6 Å². The number of pyridine rings is 1. The number of fused-ring (bicyclic) bond motifs is 2. The summed E-state index contributed by atoms with van der Waals surface area (Å²) in [6.07, 6.45) is 2.96. The van der Waals surface area contributed by atoms with Crippen molar-refractivity contribution in [1.82, 2.24) is 29.9 Å². The molecular weight excluding hydrogens is 451 g/mol. The minimum absolute atomic E-state index is 0.0732. The predicted octanol–water partition coefficient (Wildman–Crippen LogP) is 3.55. The molecule has 34 heavy (non-hydrogen) atoms. The average Bonchev–Trinajstić information content (AvgIpc) is 3.42. The van der Waals surface area contributed by atoms with Gasteiger partial charge in [0.25, 0.3) is 5.91 Å². The Morgan fingerprint density at radius 3 is 2.88 bits per heavy atom. The summed E-state index contributed by atoms with van der Waals surface area (Å²) in [6, 6.07) is 3.80. The van der Waals surface area contributed by atoms with Gasteiger partial charge in [0.1, 0.15) is 5.65 Å². The van der Waals surface area contributed by atoms with E-state index in [4.69, 9.17) is 4.74 Å². The number of aromatic nitrogens is 5. The van der Waals surface area contributed by atoms with Crippen LogP contribution in [0.25, 0.3) is 27.7 Å². The van der Waals surface area contributed by atoms with Crippen molar-refractivity contribution in [2.24, 2.45) is 0 Å². The number of hydrogen-bond donors (Lipinski definition) is 3. The third kappa shape index (κ3) is 4.67. The lowest BCUT2D eigenvalue weighted by atomic mass is 10.1. The highest BCUT2D eigenvalue weighted by Gasteiger charge is 2.26. The number of hydrogen-bond acceptors (Lipinski definition) is 6. The van der Waals surface area contributed by atoms with Crippen LogP contribution in [0.4, 0.5) is 19.1 Å². The highest BCUT2D eigenvalue weighted by atomic mass is 19.4. The summed E-state index contributed by atoms with van der Waals surface area (Å²) in [5, 5.41) is 10.6. The van der Waals surface area contributed by atoms with Gasteiger partial charge in [-0.3, -0.25) is 4.79 Å². The van der Waals surface area contributed by atoms with E-state index >= 15 is 0 Å². The first kappa shape index (κ1) is 22.1. The number of anilines is 1. The SMILES string of the molecule is O=C(NC1CCOCC1)c1cnn2ccc(-c3c[nH]c4nc(NCCC(F)(F)F)ncc34)cc12. The fourth-order valence-corrected chi connectivity index (χ4v) is 3.98. The van der Waals surface area contributed by atoms with E-state index in [0.717, 1.165) is 24.0 Å². The molecule has 0 atom stereocenters. The molecule has 178 valence electrons. The third-order valence-electron chi connectivity index (χ3n) is 5.76. The van der Waals surface area contributed by atoms with E-state index in [1.54, 1.807) is 29.3 Å². The molecule has 0 spiro atoms. The summed E-state index contributed by atoms with van der Waals surface area (Å²) < 4.78 is 44.1. The van der Waals surface area contributed by atoms with Crippen molar-refractivity contribution in [3.63, 3.8) is 0 Å². The maximum absolute atomic E-state index is 12.9. The zero-order chi connectivity index (χ0) is 23.7. The summed E-state index contributed by atoms with van der Waals surface area (Å²) in [5.41, 5.74) is 3.24. The highest BCUT2D eigenvalue weighted by molar-refractivity contribution is 6.02. The molecule has 0 bridgehead atoms. The Morgan fingerprint density at radius 1 is 1.26 bits per heavy atom. The van der Waals surface area contributed by atoms with Crippen LogP contribution in [0, 0.1) is 0 Å². The van der Waals surface area contributed by atoms with Crippen LogP contribution in [-0.4, -0.2) is 62.4 Å². The fraction of sp³-hybridized carbons (Fsp3) is 0.364. The molecule has 1 aliphatic heterocycles. The highest BCUT2D eigenvalue weighted by Crippen LogP contribution is 2.29. The molecule has 0 saturated carbocycles. The van der Waals surface area contributed by atoms with Gasteiger partial charge in [0, 0.05) is 55.3 Å². The maximum Gasteiger partial charge on any atom is 0.390 e. The second-order valence-electron chi connectivity index (χ2n) is 8.11. The minimum atomic E-state index is -4.25. The number of ether oxygens (including phenoxy) is 1. The third-order valence-corrected chi connectivity index (χ3v) is 5.76. The largest absolute Gasteiger partial charge is 0.390 e. The lowest BCUT2D eigenvalue weighted by Gasteiger charge is -2.22.